The molecule has 4 N–H and O–H groups in total. The number of unbranched alkanes of at least 4 members (excludes halogenated alkanes) is 1. The minimum atomic E-state index is -0.625. The van der Waals surface area contributed by atoms with Crippen molar-refractivity contribution in [3.05, 3.63) is 24.3 Å². The third-order valence-electron chi connectivity index (χ3n) is 2.64. The van der Waals surface area contributed by atoms with Crippen LogP contribution < -0.4 is 21.3 Å². The van der Waals surface area contributed by atoms with Gasteiger partial charge in [-0.3, -0.25) is 5.32 Å². The van der Waals surface area contributed by atoms with E-state index in [0.29, 0.717) is 10.8 Å². The number of alkyl carbamates (subject to hydrolysis) is 1. The van der Waals surface area contributed by atoms with Crippen LogP contribution in [0.2, 0.25) is 0 Å². The van der Waals surface area contributed by atoms with Gasteiger partial charge < -0.3 is 20.7 Å². The summed E-state index contributed by atoms with van der Waals surface area (Å²) in [7, 11) is 1.27. The Morgan fingerprint density at radius 3 is 2.27 bits per heavy atom. The molecule has 0 atom stereocenters. The number of nitrogens with one attached hydrogen (secondary N) is 4. The van der Waals surface area contributed by atoms with Crippen molar-refractivity contribution in [1.82, 2.24) is 10.6 Å². The molecule has 0 fully saturated rings. The van der Waals surface area contributed by atoms with Crippen LogP contribution in [0.4, 0.5) is 16.2 Å². The fraction of sp³-hybridized carbons (Fsp3) is 0.357. The number of benzene rings is 1. The van der Waals surface area contributed by atoms with Crippen LogP contribution in [-0.4, -0.2) is 30.0 Å². The molecule has 6 nitrogen and oxygen atoms in total. The number of methoxy groups -OCH3 is 1. The normalized spacial score (nSPS) is 9.55. The molecule has 22 heavy (non-hydrogen) atoms. The summed E-state index contributed by atoms with van der Waals surface area (Å²) in [5.41, 5.74) is 1.45. The van der Waals surface area contributed by atoms with Crippen LogP contribution >= 0.6 is 24.4 Å². The maximum absolute atomic E-state index is 11.1. The maximum atomic E-state index is 11.1. The van der Waals surface area contributed by atoms with Crippen LogP contribution in [0.1, 0.15) is 19.8 Å². The van der Waals surface area contributed by atoms with Gasteiger partial charge in [0.2, 0.25) is 0 Å². The predicted octanol–water partition coefficient (Wildman–Crippen LogP) is 2.83. The molecule has 0 spiro atoms. The highest BCUT2D eigenvalue weighted by Gasteiger charge is 2.07. The van der Waals surface area contributed by atoms with Gasteiger partial charge in [0.1, 0.15) is 0 Å². The summed E-state index contributed by atoms with van der Waals surface area (Å²) in [6, 6.07) is 7.40. The van der Waals surface area contributed by atoms with Crippen molar-refractivity contribution < 1.29 is 9.53 Å². The minimum Gasteiger partial charge on any atom is -0.453 e. The van der Waals surface area contributed by atoms with Crippen molar-refractivity contribution in [3.8, 4) is 0 Å². The third-order valence-corrected chi connectivity index (χ3v) is 3.09. The van der Waals surface area contributed by atoms with Gasteiger partial charge in [0.25, 0.3) is 0 Å². The molecule has 120 valence electrons. The standard InChI is InChI=1S/C14H20N4O2S2/c1-3-4-9-15-12(21)16-10-7-5-6-8-11(10)17-13(22)18-14(19)20-2/h5-8H,3-4,9H2,1-2H3,(H2,15,16,21)(H2,17,18,19,22). The summed E-state index contributed by atoms with van der Waals surface area (Å²) < 4.78 is 4.48. The lowest BCUT2D eigenvalue weighted by atomic mass is 10.2. The summed E-state index contributed by atoms with van der Waals surface area (Å²) in [6.45, 7) is 2.94. The molecule has 8 heteroatoms. The van der Waals surface area contributed by atoms with Gasteiger partial charge in [-0.05, 0) is 43.0 Å². The molecule has 0 aliphatic rings. The molecule has 0 saturated heterocycles. The van der Waals surface area contributed by atoms with Crippen molar-refractivity contribution in [3.63, 3.8) is 0 Å². The highest BCUT2D eigenvalue weighted by atomic mass is 32.1. The molecule has 1 rings (SSSR count). The van der Waals surface area contributed by atoms with Gasteiger partial charge in [0.05, 0.1) is 18.5 Å². The van der Waals surface area contributed by atoms with E-state index >= 15 is 0 Å². The Labute approximate surface area is 141 Å². The monoisotopic (exact) mass is 340 g/mol. The first-order chi connectivity index (χ1) is 10.6. The predicted molar refractivity (Wildman–Crippen MR) is 97.3 cm³/mol. The summed E-state index contributed by atoms with van der Waals surface area (Å²) in [5, 5.41) is 12.2. The van der Waals surface area contributed by atoms with Crippen molar-refractivity contribution in [2.24, 2.45) is 0 Å². The number of carbonyl (C=O) groups excluding carboxylic acids is 1. The van der Waals surface area contributed by atoms with Crippen LogP contribution in [0, 0.1) is 0 Å². The maximum Gasteiger partial charge on any atom is 0.413 e. The molecular formula is C14H20N4O2S2. The van der Waals surface area contributed by atoms with Crippen LogP contribution in [0.3, 0.4) is 0 Å². The Kier molecular flexibility index (Phi) is 8.16. The minimum absolute atomic E-state index is 0.144. The lowest BCUT2D eigenvalue weighted by molar-refractivity contribution is 0.177. The Bertz CT molecular complexity index is 537. The molecule has 0 unspecified atom stereocenters. The SMILES string of the molecule is CCCCNC(=S)Nc1ccccc1NC(=S)NC(=O)OC. The number of anilines is 2. The summed E-state index contributed by atoms with van der Waals surface area (Å²) in [6.07, 6.45) is 1.52. The topological polar surface area (TPSA) is 74.4 Å². The highest BCUT2D eigenvalue weighted by Crippen LogP contribution is 2.20. The van der Waals surface area contributed by atoms with Crippen molar-refractivity contribution in [1.29, 1.82) is 0 Å². The van der Waals surface area contributed by atoms with Crippen LogP contribution in [-0.2, 0) is 4.74 Å². The number of hydrogen-bond donors (Lipinski definition) is 4. The zero-order valence-electron chi connectivity index (χ0n) is 12.6. The lowest BCUT2D eigenvalue weighted by Gasteiger charge is -2.15. The number of hydrogen-bond acceptors (Lipinski definition) is 4. The van der Waals surface area contributed by atoms with Gasteiger partial charge >= 0.3 is 6.09 Å². The van der Waals surface area contributed by atoms with E-state index in [-0.39, 0.29) is 5.11 Å². The number of amides is 1. The van der Waals surface area contributed by atoms with Gasteiger partial charge in [0.15, 0.2) is 10.2 Å². The highest BCUT2D eigenvalue weighted by molar-refractivity contribution is 7.80. The molecule has 1 aromatic carbocycles. The first-order valence-electron chi connectivity index (χ1n) is 6.86. The Morgan fingerprint density at radius 1 is 1.14 bits per heavy atom. The van der Waals surface area contributed by atoms with Crippen molar-refractivity contribution in [2.75, 3.05) is 24.3 Å². The molecule has 0 aliphatic heterocycles. The second-order valence-electron chi connectivity index (χ2n) is 4.35. The van der Waals surface area contributed by atoms with Crippen molar-refractivity contribution in [2.45, 2.75) is 19.8 Å². The van der Waals surface area contributed by atoms with E-state index in [0.717, 1.165) is 25.1 Å². The average molecular weight is 340 g/mol. The van der Waals surface area contributed by atoms with E-state index in [1.54, 1.807) is 0 Å². The smallest absolute Gasteiger partial charge is 0.413 e. The van der Waals surface area contributed by atoms with Gasteiger partial charge in [0, 0.05) is 6.54 Å². The second-order valence-corrected chi connectivity index (χ2v) is 5.17. The largest absolute Gasteiger partial charge is 0.453 e. The number of carbonyl (C=O) groups is 1. The quantitative estimate of drug-likeness (QED) is 0.485. The zero-order chi connectivity index (χ0) is 16.4. The lowest BCUT2D eigenvalue weighted by Crippen LogP contribution is -2.34. The Hall–Kier alpha value is -1.93. The van der Waals surface area contributed by atoms with Crippen molar-refractivity contribution >= 4 is 52.1 Å². The van der Waals surface area contributed by atoms with Gasteiger partial charge in [-0.15, -0.1) is 0 Å². The summed E-state index contributed by atoms with van der Waals surface area (Å²) in [5.74, 6) is 0. The molecule has 0 radical (unpaired) electrons. The fourth-order valence-electron chi connectivity index (χ4n) is 1.54. The van der Waals surface area contributed by atoms with Gasteiger partial charge in [-0.25, -0.2) is 4.79 Å². The van der Waals surface area contributed by atoms with E-state index < -0.39 is 6.09 Å². The number of rotatable bonds is 5. The Balaban J connectivity index is 2.63. The number of ether oxygens (including phenoxy) is 1. The van der Waals surface area contributed by atoms with E-state index in [9.17, 15) is 4.79 Å². The molecule has 0 aromatic heterocycles. The molecule has 1 amide bonds. The van der Waals surface area contributed by atoms with E-state index in [1.165, 1.54) is 7.11 Å². The first kappa shape index (κ1) is 18.1. The number of thiocarbonyl (C=S) groups is 2. The zero-order valence-corrected chi connectivity index (χ0v) is 14.2. The van der Waals surface area contributed by atoms with E-state index in [2.05, 4.69) is 32.9 Å². The van der Waals surface area contributed by atoms with E-state index in [1.807, 2.05) is 24.3 Å². The average Bonchev–Trinajstić information content (AvgIpc) is 2.49. The van der Waals surface area contributed by atoms with Gasteiger partial charge in [-0.1, -0.05) is 25.5 Å². The molecule has 0 saturated carbocycles. The first-order valence-corrected chi connectivity index (χ1v) is 7.68. The molecule has 0 aliphatic carbocycles. The van der Waals surface area contributed by atoms with Crippen LogP contribution in [0.25, 0.3) is 0 Å². The molecule has 0 heterocycles. The molecule has 0 bridgehead atoms. The Morgan fingerprint density at radius 2 is 1.73 bits per heavy atom. The molecule has 1 aromatic rings. The molecular weight excluding hydrogens is 320 g/mol. The van der Waals surface area contributed by atoms with E-state index in [4.69, 9.17) is 24.4 Å². The van der Waals surface area contributed by atoms with Gasteiger partial charge in [-0.2, -0.15) is 0 Å². The third kappa shape index (κ3) is 6.68. The fourth-order valence-corrected chi connectivity index (χ4v) is 1.95. The summed E-state index contributed by atoms with van der Waals surface area (Å²) >= 11 is 10.3. The summed E-state index contributed by atoms with van der Waals surface area (Å²) in [4.78, 5) is 11.1. The number of para-hydroxylation sites is 2. The van der Waals surface area contributed by atoms with Crippen LogP contribution in [0.5, 0.6) is 0 Å². The van der Waals surface area contributed by atoms with Crippen LogP contribution in [0.15, 0.2) is 24.3 Å². The second kappa shape index (κ2) is 9.91.